The van der Waals surface area contributed by atoms with Gasteiger partial charge in [0, 0.05) is 19.0 Å². The molecule has 0 radical (unpaired) electrons. The smallest absolute Gasteiger partial charge is 0.171 e. The predicted octanol–water partition coefficient (Wildman–Crippen LogP) is 1.06. The molecule has 1 saturated heterocycles. The number of hydrogen-bond acceptors (Lipinski definition) is 3. The first kappa shape index (κ1) is 7.58. The van der Waals surface area contributed by atoms with E-state index in [-0.39, 0.29) is 0 Å². The van der Waals surface area contributed by atoms with E-state index >= 15 is 0 Å². The molecule has 0 aromatic carbocycles. The monoisotopic (exact) mass is 167 g/mol. The van der Waals surface area contributed by atoms with Crippen molar-refractivity contribution in [2.75, 3.05) is 6.54 Å². The summed E-state index contributed by atoms with van der Waals surface area (Å²) >= 11 is 0. The van der Waals surface area contributed by atoms with E-state index in [1.165, 1.54) is 12.8 Å². The summed E-state index contributed by atoms with van der Waals surface area (Å²) in [4.78, 5) is 6.49. The van der Waals surface area contributed by atoms with Crippen molar-refractivity contribution in [3.05, 3.63) is 0 Å². The molecule has 0 spiro atoms. The molecule has 1 unspecified atom stereocenters. The van der Waals surface area contributed by atoms with Crippen molar-refractivity contribution < 1.29 is 5.21 Å². The predicted molar refractivity (Wildman–Crippen MR) is 46.7 cm³/mol. The molecule has 0 aromatic heterocycles. The molecule has 2 aliphatic heterocycles. The van der Waals surface area contributed by atoms with Crippen LogP contribution in [0.15, 0.2) is 10.1 Å². The fourth-order valence-electron chi connectivity index (χ4n) is 2.04. The second kappa shape index (κ2) is 2.77. The van der Waals surface area contributed by atoms with E-state index in [2.05, 4.69) is 15.0 Å². The minimum Gasteiger partial charge on any atom is -0.409 e. The van der Waals surface area contributed by atoms with Crippen molar-refractivity contribution >= 4 is 11.7 Å². The molecule has 12 heavy (non-hydrogen) atoms. The summed E-state index contributed by atoms with van der Waals surface area (Å²) in [5, 5.41) is 11.8. The Morgan fingerprint density at radius 2 is 2.50 bits per heavy atom. The van der Waals surface area contributed by atoms with Gasteiger partial charge in [0.2, 0.25) is 0 Å². The van der Waals surface area contributed by atoms with Crippen molar-refractivity contribution in [3.8, 4) is 0 Å². The third-order valence-corrected chi connectivity index (χ3v) is 2.62. The second-order valence-electron chi connectivity index (χ2n) is 3.37. The highest BCUT2D eigenvalue weighted by molar-refractivity contribution is 5.98. The van der Waals surface area contributed by atoms with Crippen molar-refractivity contribution in [2.45, 2.75) is 32.2 Å². The zero-order valence-corrected chi connectivity index (χ0v) is 7.19. The SMILES string of the molecule is CC1=N/C(=N\O)CC2CCCN12. The van der Waals surface area contributed by atoms with Gasteiger partial charge < -0.3 is 10.1 Å². The molecule has 0 aromatic rings. The molecule has 66 valence electrons. The van der Waals surface area contributed by atoms with E-state index in [1.807, 2.05) is 6.92 Å². The molecule has 1 atom stereocenters. The van der Waals surface area contributed by atoms with Gasteiger partial charge in [-0.1, -0.05) is 5.16 Å². The van der Waals surface area contributed by atoms with Crippen LogP contribution in [0.2, 0.25) is 0 Å². The standard InChI is InChI=1S/C8H13N3O/c1-6-9-8(10-12)5-7-3-2-4-11(6)7/h7,12H,2-5H2,1H3/b10-8-. The van der Waals surface area contributed by atoms with Crippen molar-refractivity contribution in [2.24, 2.45) is 10.1 Å². The van der Waals surface area contributed by atoms with E-state index < -0.39 is 0 Å². The molecule has 2 heterocycles. The lowest BCUT2D eigenvalue weighted by molar-refractivity contribution is 0.310. The molecule has 2 rings (SSSR count). The van der Waals surface area contributed by atoms with Gasteiger partial charge in [0.1, 0.15) is 5.84 Å². The number of nitrogens with zero attached hydrogens (tertiary/aromatic N) is 3. The summed E-state index contributed by atoms with van der Waals surface area (Å²) in [6.45, 7) is 3.08. The Bertz CT molecular complexity index is 247. The van der Waals surface area contributed by atoms with Gasteiger partial charge in [-0.2, -0.15) is 0 Å². The van der Waals surface area contributed by atoms with Gasteiger partial charge in [-0.15, -0.1) is 0 Å². The largest absolute Gasteiger partial charge is 0.409 e. The Kier molecular flexibility index (Phi) is 1.75. The molecule has 4 heteroatoms. The van der Waals surface area contributed by atoms with Crippen LogP contribution < -0.4 is 0 Å². The van der Waals surface area contributed by atoms with E-state index in [0.29, 0.717) is 11.9 Å². The van der Waals surface area contributed by atoms with E-state index in [0.717, 1.165) is 18.8 Å². The number of oxime groups is 1. The second-order valence-corrected chi connectivity index (χ2v) is 3.37. The highest BCUT2D eigenvalue weighted by atomic mass is 16.4. The van der Waals surface area contributed by atoms with Crippen LogP contribution in [0, 0.1) is 0 Å². The molecule has 0 amide bonds. The fourth-order valence-corrected chi connectivity index (χ4v) is 2.04. The summed E-state index contributed by atoms with van der Waals surface area (Å²) in [5.74, 6) is 1.58. The highest BCUT2D eigenvalue weighted by Crippen LogP contribution is 2.24. The molecular weight excluding hydrogens is 154 g/mol. The van der Waals surface area contributed by atoms with Gasteiger partial charge in [0.05, 0.1) is 0 Å². The van der Waals surface area contributed by atoms with Crippen LogP contribution in [-0.4, -0.2) is 34.4 Å². The van der Waals surface area contributed by atoms with Gasteiger partial charge in [0.25, 0.3) is 0 Å². The lowest BCUT2D eigenvalue weighted by Crippen LogP contribution is -2.39. The van der Waals surface area contributed by atoms with Crippen LogP contribution in [0.4, 0.5) is 0 Å². The molecule has 1 fully saturated rings. The van der Waals surface area contributed by atoms with E-state index in [1.54, 1.807) is 0 Å². The van der Waals surface area contributed by atoms with E-state index in [9.17, 15) is 0 Å². The third-order valence-electron chi connectivity index (χ3n) is 2.62. The van der Waals surface area contributed by atoms with Crippen LogP contribution in [0.25, 0.3) is 0 Å². The number of rotatable bonds is 0. The molecule has 4 nitrogen and oxygen atoms in total. The maximum atomic E-state index is 8.59. The van der Waals surface area contributed by atoms with Gasteiger partial charge in [-0.05, 0) is 19.8 Å². The maximum Gasteiger partial charge on any atom is 0.171 e. The third kappa shape index (κ3) is 1.07. The summed E-state index contributed by atoms with van der Waals surface area (Å²) in [5.41, 5.74) is 0. The van der Waals surface area contributed by atoms with Crippen LogP contribution in [0.1, 0.15) is 26.2 Å². The van der Waals surface area contributed by atoms with Crippen molar-refractivity contribution in [1.82, 2.24) is 4.90 Å². The average Bonchev–Trinajstić information content (AvgIpc) is 2.52. The number of fused-ring (bicyclic) bond motifs is 1. The summed E-state index contributed by atoms with van der Waals surface area (Å²) < 4.78 is 0. The van der Waals surface area contributed by atoms with Gasteiger partial charge in [0.15, 0.2) is 5.84 Å². The van der Waals surface area contributed by atoms with Crippen LogP contribution in [0.5, 0.6) is 0 Å². The molecule has 2 aliphatic rings. The number of aliphatic imine (C=N–C) groups is 1. The van der Waals surface area contributed by atoms with Crippen LogP contribution in [0.3, 0.4) is 0 Å². The van der Waals surface area contributed by atoms with Crippen molar-refractivity contribution in [3.63, 3.8) is 0 Å². The summed E-state index contributed by atoms with van der Waals surface area (Å²) in [6, 6.07) is 0.536. The Morgan fingerprint density at radius 1 is 1.67 bits per heavy atom. The maximum absolute atomic E-state index is 8.59. The quantitative estimate of drug-likeness (QED) is 0.433. The Labute approximate surface area is 71.6 Å². The zero-order valence-electron chi connectivity index (χ0n) is 7.19. The Balaban J connectivity index is 2.25. The van der Waals surface area contributed by atoms with Crippen molar-refractivity contribution in [1.29, 1.82) is 0 Å². The molecule has 0 bridgehead atoms. The van der Waals surface area contributed by atoms with Crippen LogP contribution in [-0.2, 0) is 0 Å². The molecule has 1 N–H and O–H groups in total. The first-order valence-electron chi connectivity index (χ1n) is 4.34. The molecule has 0 saturated carbocycles. The number of amidine groups is 2. The van der Waals surface area contributed by atoms with Crippen LogP contribution >= 0.6 is 0 Å². The molecular formula is C8H13N3O. The van der Waals surface area contributed by atoms with Gasteiger partial charge in [-0.3, -0.25) is 0 Å². The molecule has 0 aliphatic carbocycles. The lowest BCUT2D eigenvalue weighted by atomic mass is 10.1. The van der Waals surface area contributed by atoms with E-state index in [4.69, 9.17) is 5.21 Å². The minimum atomic E-state index is 0.536. The Hall–Kier alpha value is -1.06. The first-order chi connectivity index (χ1) is 5.81. The fraction of sp³-hybridized carbons (Fsp3) is 0.750. The zero-order chi connectivity index (χ0) is 8.55. The average molecular weight is 167 g/mol. The number of hydrogen-bond donors (Lipinski definition) is 1. The topological polar surface area (TPSA) is 48.2 Å². The first-order valence-corrected chi connectivity index (χ1v) is 4.34. The summed E-state index contributed by atoms with van der Waals surface area (Å²) in [6.07, 6.45) is 3.23. The normalized spacial score (nSPS) is 32.1. The Morgan fingerprint density at radius 3 is 3.25 bits per heavy atom. The van der Waals surface area contributed by atoms with Gasteiger partial charge >= 0.3 is 0 Å². The highest BCUT2D eigenvalue weighted by Gasteiger charge is 2.30. The lowest BCUT2D eigenvalue weighted by Gasteiger charge is -2.29. The van der Waals surface area contributed by atoms with Gasteiger partial charge in [-0.25, -0.2) is 4.99 Å². The summed E-state index contributed by atoms with van der Waals surface area (Å²) in [7, 11) is 0. The minimum absolute atomic E-state index is 0.536.